The Labute approximate surface area is 137 Å². The first kappa shape index (κ1) is 17.2. The van der Waals surface area contributed by atoms with Crippen molar-refractivity contribution in [1.29, 1.82) is 0 Å². The van der Waals surface area contributed by atoms with Crippen molar-refractivity contribution >= 4 is 5.78 Å². The summed E-state index contributed by atoms with van der Waals surface area (Å²) in [5.74, 6) is 1.17. The van der Waals surface area contributed by atoms with Gasteiger partial charge in [0.25, 0.3) is 0 Å². The molecule has 122 valence electrons. The molecule has 0 aliphatic carbocycles. The number of carbonyl (C=O) groups excluding carboxylic acids is 1. The zero-order valence-electron chi connectivity index (χ0n) is 13.6. The third-order valence-electron chi connectivity index (χ3n) is 3.80. The number of rotatable bonds is 9. The van der Waals surface area contributed by atoms with Gasteiger partial charge in [0, 0.05) is 5.56 Å². The van der Waals surface area contributed by atoms with Crippen LogP contribution in [0.4, 0.5) is 0 Å². The Morgan fingerprint density at radius 3 is 2.09 bits per heavy atom. The van der Waals surface area contributed by atoms with E-state index in [2.05, 4.69) is 19.1 Å². The van der Waals surface area contributed by atoms with Crippen molar-refractivity contribution in [3.63, 3.8) is 0 Å². The summed E-state index contributed by atoms with van der Waals surface area (Å²) in [6.07, 6.45) is 6.19. The molecule has 0 amide bonds. The molecule has 1 N–H and O–H groups in total. The number of hydrogen-bond acceptors (Lipinski definition) is 3. The molecule has 2 aromatic carbocycles. The molecule has 23 heavy (non-hydrogen) atoms. The van der Waals surface area contributed by atoms with E-state index in [4.69, 9.17) is 9.84 Å². The minimum atomic E-state index is -0.472. The summed E-state index contributed by atoms with van der Waals surface area (Å²) in [5, 5.41) is 8.83. The van der Waals surface area contributed by atoms with Gasteiger partial charge in [0.2, 0.25) is 0 Å². The Morgan fingerprint density at radius 1 is 0.913 bits per heavy atom. The number of ketones is 1. The summed E-state index contributed by atoms with van der Waals surface area (Å²) in [6, 6.07) is 15.0. The topological polar surface area (TPSA) is 46.5 Å². The number of ether oxygens (including phenoxy) is 1. The van der Waals surface area contributed by atoms with E-state index in [1.54, 1.807) is 24.3 Å². The molecule has 2 rings (SSSR count). The minimum Gasteiger partial charge on any atom is -0.457 e. The van der Waals surface area contributed by atoms with Gasteiger partial charge in [0.1, 0.15) is 18.1 Å². The molecule has 0 aromatic heterocycles. The fourth-order valence-electron chi connectivity index (χ4n) is 2.42. The van der Waals surface area contributed by atoms with Crippen molar-refractivity contribution in [3.05, 3.63) is 59.7 Å². The Kier molecular flexibility index (Phi) is 6.82. The molecule has 0 atom stereocenters. The minimum absolute atomic E-state index is 0.288. The van der Waals surface area contributed by atoms with Crippen molar-refractivity contribution in [1.82, 2.24) is 0 Å². The van der Waals surface area contributed by atoms with E-state index in [0.717, 1.165) is 12.2 Å². The van der Waals surface area contributed by atoms with Gasteiger partial charge in [-0.2, -0.15) is 0 Å². The van der Waals surface area contributed by atoms with Gasteiger partial charge in [0.05, 0.1) is 0 Å². The molecule has 0 heterocycles. The molecule has 0 bridgehead atoms. The standard InChI is InChI=1S/C20H24O3/c1-2-3-4-5-6-16-7-11-18(12-8-16)23-19-13-9-17(10-14-19)20(22)15-21/h7-14,21H,2-6,15H2,1H3. The number of aryl methyl sites for hydroxylation is 1. The molecule has 3 nitrogen and oxygen atoms in total. The maximum absolute atomic E-state index is 11.4. The Balaban J connectivity index is 1.89. The molecule has 0 saturated carbocycles. The number of aliphatic hydroxyl groups is 1. The monoisotopic (exact) mass is 312 g/mol. The van der Waals surface area contributed by atoms with E-state index >= 15 is 0 Å². The van der Waals surface area contributed by atoms with Crippen LogP contribution in [0.3, 0.4) is 0 Å². The fourth-order valence-corrected chi connectivity index (χ4v) is 2.42. The molecule has 3 heteroatoms. The predicted molar refractivity (Wildman–Crippen MR) is 92.2 cm³/mol. The van der Waals surface area contributed by atoms with Crippen LogP contribution in [0.15, 0.2) is 48.5 Å². The third kappa shape index (κ3) is 5.53. The summed E-state index contributed by atoms with van der Waals surface area (Å²) in [5.41, 5.74) is 1.82. The fraction of sp³-hybridized carbons (Fsp3) is 0.350. The lowest BCUT2D eigenvalue weighted by atomic mass is 10.1. The van der Waals surface area contributed by atoms with Crippen LogP contribution in [0.5, 0.6) is 11.5 Å². The van der Waals surface area contributed by atoms with Gasteiger partial charge < -0.3 is 9.84 Å². The predicted octanol–water partition coefficient (Wildman–Crippen LogP) is 4.78. The molecule has 0 fully saturated rings. The van der Waals surface area contributed by atoms with Gasteiger partial charge in [-0.25, -0.2) is 0 Å². The zero-order chi connectivity index (χ0) is 16.5. The maximum Gasteiger partial charge on any atom is 0.188 e. The summed E-state index contributed by atoms with van der Waals surface area (Å²) in [4.78, 5) is 11.4. The quantitative estimate of drug-likeness (QED) is 0.535. The molecular formula is C20H24O3. The second-order valence-corrected chi connectivity index (χ2v) is 5.66. The lowest BCUT2D eigenvalue weighted by molar-refractivity contribution is 0.0903. The van der Waals surface area contributed by atoms with Crippen LogP contribution in [0.1, 0.15) is 48.5 Å². The van der Waals surface area contributed by atoms with Gasteiger partial charge in [0.15, 0.2) is 5.78 Å². The molecule has 0 saturated heterocycles. The molecule has 0 unspecified atom stereocenters. The first-order chi connectivity index (χ1) is 11.2. The van der Waals surface area contributed by atoms with Crippen LogP contribution in [0.2, 0.25) is 0 Å². The van der Waals surface area contributed by atoms with Gasteiger partial charge >= 0.3 is 0 Å². The maximum atomic E-state index is 11.4. The highest BCUT2D eigenvalue weighted by atomic mass is 16.5. The second kappa shape index (κ2) is 9.11. The number of benzene rings is 2. The van der Waals surface area contributed by atoms with Gasteiger partial charge in [-0.3, -0.25) is 4.79 Å². The Morgan fingerprint density at radius 2 is 1.52 bits per heavy atom. The van der Waals surface area contributed by atoms with Gasteiger partial charge in [-0.05, 0) is 54.8 Å². The van der Waals surface area contributed by atoms with E-state index in [9.17, 15) is 4.79 Å². The highest BCUT2D eigenvalue weighted by Gasteiger charge is 2.04. The average molecular weight is 312 g/mol. The number of unbranched alkanes of at least 4 members (excludes halogenated alkanes) is 3. The van der Waals surface area contributed by atoms with Crippen molar-refractivity contribution < 1.29 is 14.6 Å². The highest BCUT2D eigenvalue weighted by Crippen LogP contribution is 2.22. The average Bonchev–Trinajstić information content (AvgIpc) is 2.60. The van der Waals surface area contributed by atoms with E-state index in [1.165, 1.54) is 31.2 Å². The van der Waals surface area contributed by atoms with Crippen LogP contribution in [0, 0.1) is 0 Å². The van der Waals surface area contributed by atoms with Crippen molar-refractivity contribution in [2.75, 3.05) is 6.61 Å². The summed E-state index contributed by atoms with van der Waals surface area (Å²) in [7, 11) is 0. The smallest absolute Gasteiger partial charge is 0.188 e. The number of aliphatic hydroxyl groups excluding tert-OH is 1. The lowest BCUT2D eigenvalue weighted by Gasteiger charge is -2.07. The number of carbonyl (C=O) groups is 1. The normalized spacial score (nSPS) is 10.5. The van der Waals surface area contributed by atoms with Crippen LogP contribution in [-0.2, 0) is 6.42 Å². The van der Waals surface area contributed by atoms with E-state index in [-0.39, 0.29) is 5.78 Å². The van der Waals surface area contributed by atoms with Crippen molar-refractivity contribution in [2.45, 2.75) is 39.0 Å². The van der Waals surface area contributed by atoms with Crippen LogP contribution in [0.25, 0.3) is 0 Å². The summed E-state index contributed by atoms with van der Waals surface area (Å²) in [6.45, 7) is 1.75. The van der Waals surface area contributed by atoms with E-state index < -0.39 is 6.61 Å². The number of Topliss-reactive ketones (excluding diaryl/α,β-unsaturated/α-hetero) is 1. The molecular weight excluding hydrogens is 288 g/mol. The van der Waals surface area contributed by atoms with Crippen LogP contribution in [-0.4, -0.2) is 17.5 Å². The largest absolute Gasteiger partial charge is 0.457 e. The number of hydrogen-bond donors (Lipinski definition) is 1. The first-order valence-corrected chi connectivity index (χ1v) is 8.24. The Hall–Kier alpha value is -2.13. The molecule has 0 spiro atoms. The van der Waals surface area contributed by atoms with E-state index in [1.807, 2.05) is 12.1 Å². The molecule has 0 aliphatic heterocycles. The first-order valence-electron chi connectivity index (χ1n) is 8.24. The van der Waals surface area contributed by atoms with Gasteiger partial charge in [-0.1, -0.05) is 38.3 Å². The van der Waals surface area contributed by atoms with E-state index in [0.29, 0.717) is 11.3 Å². The molecule has 0 radical (unpaired) electrons. The second-order valence-electron chi connectivity index (χ2n) is 5.66. The SMILES string of the molecule is CCCCCCc1ccc(Oc2ccc(C(=O)CO)cc2)cc1. The van der Waals surface area contributed by atoms with Crippen LogP contribution < -0.4 is 4.74 Å². The van der Waals surface area contributed by atoms with Gasteiger partial charge in [-0.15, -0.1) is 0 Å². The third-order valence-corrected chi connectivity index (χ3v) is 3.80. The van der Waals surface area contributed by atoms with Crippen molar-refractivity contribution in [2.24, 2.45) is 0 Å². The van der Waals surface area contributed by atoms with Crippen LogP contribution >= 0.6 is 0 Å². The summed E-state index contributed by atoms with van der Waals surface area (Å²) < 4.78 is 5.77. The molecule has 0 aliphatic rings. The Bertz CT molecular complexity index is 600. The molecule has 2 aromatic rings. The lowest BCUT2D eigenvalue weighted by Crippen LogP contribution is -2.03. The summed E-state index contributed by atoms with van der Waals surface area (Å²) >= 11 is 0. The zero-order valence-corrected chi connectivity index (χ0v) is 13.6. The van der Waals surface area contributed by atoms with Crippen molar-refractivity contribution in [3.8, 4) is 11.5 Å². The highest BCUT2D eigenvalue weighted by molar-refractivity contribution is 5.96.